The molecule has 2 rings (SSSR count). The normalized spacial score (nSPS) is 12.1. The summed E-state index contributed by atoms with van der Waals surface area (Å²) in [5.41, 5.74) is 5.57. The molecule has 420 valence electrons. The summed E-state index contributed by atoms with van der Waals surface area (Å²) in [5.74, 6) is 0. The quantitative estimate of drug-likeness (QED) is 0.0358. The summed E-state index contributed by atoms with van der Waals surface area (Å²) < 4.78 is 0. The van der Waals surface area contributed by atoms with E-state index < -0.39 is 0 Å². The second-order valence-electron chi connectivity index (χ2n) is 22.4. The van der Waals surface area contributed by atoms with Gasteiger partial charge in [0, 0.05) is 22.7 Å². The van der Waals surface area contributed by atoms with Gasteiger partial charge >= 0.3 is 0 Å². The molecule has 0 radical (unpaired) electrons. The van der Waals surface area contributed by atoms with Crippen molar-refractivity contribution >= 4 is 35.5 Å². The molecule has 0 N–H and O–H groups in total. The predicted octanol–water partition coefficient (Wildman–Crippen LogP) is 25.4. The molecule has 0 aromatic heterocycles. The molecule has 0 aliphatic carbocycles. The second-order valence-corrected chi connectivity index (χ2v) is 22.4. The van der Waals surface area contributed by atoms with Crippen LogP contribution in [0.3, 0.4) is 0 Å². The first kappa shape index (κ1) is 68.8. The van der Waals surface area contributed by atoms with Crippen LogP contribution in [0.2, 0.25) is 0 Å². The largest absolute Gasteiger partial charge is 0.255 e. The first-order chi connectivity index (χ1) is 35.7. The van der Waals surface area contributed by atoms with E-state index in [-0.39, 0.29) is 16.5 Å². The van der Waals surface area contributed by atoms with Crippen molar-refractivity contribution in [3.63, 3.8) is 0 Å². The Labute approximate surface area is 466 Å². The van der Waals surface area contributed by atoms with E-state index in [4.69, 9.17) is 9.98 Å². The zero-order chi connectivity index (χ0) is 51.1. The van der Waals surface area contributed by atoms with Crippen LogP contribution in [-0.4, -0.2) is 11.9 Å². The molecule has 2 aromatic rings. The number of unbranched alkanes of at least 4 members (excludes halogenated alkanes) is 45. The van der Waals surface area contributed by atoms with E-state index in [1.807, 2.05) is 6.21 Å². The van der Waals surface area contributed by atoms with Crippen LogP contribution >= 0.6 is 0 Å². The Balaban J connectivity index is 0.0000266. The SMILES string of the molecule is CCCCCCCCCCCCCCCCCCCCCCCCC=Cc1ccc(N=CC(CCCC)=Nc2ccc(C=CCCCCCCCCCCCCCCCCCCCCCCCC)cc2)cc1.[Ni]. The molecule has 0 spiro atoms. The van der Waals surface area contributed by atoms with E-state index in [0.29, 0.717) is 0 Å². The maximum atomic E-state index is 5.02. The molecule has 0 amide bonds. The molecular formula is C70H120N2Ni. The summed E-state index contributed by atoms with van der Waals surface area (Å²) >= 11 is 0. The number of benzene rings is 2. The molecule has 3 heteroatoms. The van der Waals surface area contributed by atoms with Crippen molar-refractivity contribution in [3.05, 3.63) is 71.8 Å². The van der Waals surface area contributed by atoms with Gasteiger partial charge in [-0.2, -0.15) is 0 Å². The molecule has 2 aromatic carbocycles. The van der Waals surface area contributed by atoms with Crippen molar-refractivity contribution in [2.45, 2.75) is 335 Å². The van der Waals surface area contributed by atoms with Crippen molar-refractivity contribution in [2.75, 3.05) is 0 Å². The zero-order valence-corrected chi connectivity index (χ0v) is 49.9. The van der Waals surface area contributed by atoms with Gasteiger partial charge in [-0.05, 0) is 73.9 Å². The van der Waals surface area contributed by atoms with Gasteiger partial charge < -0.3 is 0 Å². The molecule has 0 aliphatic rings. The minimum absolute atomic E-state index is 0. The van der Waals surface area contributed by atoms with E-state index in [1.54, 1.807) is 0 Å². The summed E-state index contributed by atoms with van der Waals surface area (Å²) in [4.78, 5) is 9.86. The number of hydrogen-bond acceptors (Lipinski definition) is 2. The van der Waals surface area contributed by atoms with Crippen molar-refractivity contribution < 1.29 is 16.5 Å². The minimum atomic E-state index is 0. The summed E-state index contributed by atoms with van der Waals surface area (Å²) in [7, 11) is 0. The third kappa shape index (κ3) is 46.8. The Morgan fingerprint density at radius 1 is 0.301 bits per heavy atom. The summed E-state index contributed by atoms with van der Waals surface area (Å²) in [5, 5.41) is 0. The number of allylic oxidation sites excluding steroid dienone is 2. The smallest absolute Gasteiger partial charge is 0.0634 e. The van der Waals surface area contributed by atoms with E-state index in [9.17, 15) is 0 Å². The van der Waals surface area contributed by atoms with Gasteiger partial charge in [0.15, 0.2) is 0 Å². The Morgan fingerprint density at radius 3 is 0.822 bits per heavy atom. The fraction of sp³-hybridized carbons (Fsp3) is 0.743. The van der Waals surface area contributed by atoms with Crippen LogP contribution in [0.25, 0.3) is 12.2 Å². The number of aliphatic imine (C=N–C) groups is 2. The molecule has 0 aliphatic heterocycles. The van der Waals surface area contributed by atoms with Gasteiger partial charge in [-0.15, -0.1) is 0 Å². The van der Waals surface area contributed by atoms with E-state index in [1.165, 1.54) is 306 Å². The molecular weight excluding hydrogens is 927 g/mol. The Kier molecular flexibility index (Phi) is 52.7. The van der Waals surface area contributed by atoms with E-state index in [2.05, 4.69) is 93.6 Å². The monoisotopic (exact) mass is 1050 g/mol. The molecule has 0 fully saturated rings. The van der Waals surface area contributed by atoms with Crippen LogP contribution in [0.15, 0.2) is 70.7 Å². The molecule has 0 bridgehead atoms. The molecule has 0 saturated carbocycles. The van der Waals surface area contributed by atoms with Crippen LogP contribution in [0, 0.1) is 0 Å². The standard InChI is InChI=1S/C70H120N2.Ni/c1-4-7-10-12-14-16-18-20-22-24-26-28-30-32-34-36-38-40-42-44-46-48-50-52-54-66-57-61-68(62-58-66)71-65-70(56-9-6-3)72-69-63-59-67(60-64-69)55-53-51-49-47-45-43-41-39-37-35-33-31-29-27-25-23-21-19-17-15-13-11-8-5-2;/h52-55,57-65H,4-51,56H2,1-3H3;. The topological polar surface area (TPSA) is 24.7 Å². The third-order valence-corrected chi connectivity index (χ3v) is 15.3. The van der Waals surface area contributed by atoms with Gasteiger partial charge in [0.2, 0.25) is 0 Å². The number of nitrogens with zero attached hydrogens (tertiary/aromatic N) is 2. The average Bonchev–Trinajstić information content (AvgIpc) is 3.40. The Hall–Kier alpha value is -2.25. The third-order valence-electron chi connectivity index (χ3n) is 15.3. The number of rotatable bonds is 54. The fourth-order valence-electron chi connectivity index (χ4n) is 10.3. The predicted molar refractivity (Wildman–Crippen MR) is 329 cm³/mol. The van der Waals surface area contributed by atoms with Crippen LogP contribution in [0.4, 0.5) is 11.4 Å². The maximum Gasteiger partial charge on any atom is 0.0634 e. The van der Waals surface area contributed by atoms with Gasteiger partial charge in [-0.3, -0.25) is 9.98 Å². The van der Waals surface area contributed by atoms with Gasteiger partial charge in [-0.25, -0.2) is 0 Å². The molecule has 2 nitrogen and oxygen atoms in total. The first-order valence-electron chi connectivity index (χ1n) is 32.4. The van der Waals surface area contributed by atoms with E-state index in [0.717, 1.165) is 36.3 Å². The van der Waals surface area contributed by atoms with Gasteiger partial charge in [0.05, 0.1) is 17.1 Å². The minimum Gasteiger partial charge on any atom is -0.255 e. The summed E-state index contributed by atoms with van der Waals surface area (Å²) in [6.45, 7) is 6.86. The van der Waals surface area contributed by atoms with Crippen LogP contribution < -0.4 is 0 Å². The van der Waals surface area contributed by atoms with Crippen LogP contribution in [0.1, 0.15) is 347 Å². The maximum absolute atomic E-state index is 5.02. The van der Waals surface area contributed by atoms with Crippen molar-refractivity contribution in [3.8, 4) is 0 Å². The van der Waals surface area contributed by atoms with Crippen LogP contribution in [-0.2, 0) is 16.5 Å². The zero-order valence-electron chi connectivity index (χ0n) is 48.9. The molecule has 0 heterocycles. The van der Waals surface area contributed by atoms with E-state index >= 15 is 0 Å². The molecule has 0 unspecified atom stereocenters. The first-order valence-corrected chi connectivity index (χ1v) is 32.4. The van der Waals surface area contributed by atoms with Gasteiger partial charge in [0.25, 0.3) is 0 Å². The molecule has 0 saturated heterocycles. The van der Waals surface area contributed by atoms with Crippen molar-refractivity contribution in [1.29, 1.82) is 0 Å². The van der Waals surface area contributed by atoms with Crippen molar-refractivity contribution in [1.82, 2.24) is 0 Å². The Bertz CT molecular complexity index is 1520. The molecule has 0 atom stereocenters. The van der Waals surface area contributed by atoms with Gasteiger partial charge in [0.1, 0.15) is 0 Å². The Morgan fingerprint density at radius 2 is 0.548 bits per heavy atom. The van der Waals surface area contributed by atoms with Crippen LogP contribution in [0.5, 0.6) is 0 Å². The second kappa shape index (κ2) is 56.0. The van der Waals surface area contributed by atoms with Crippen molar-refractivity contribution in [2.24, 2.45) is 9.98 Å². The summed E-state index contributed by atoms with van der Waals surface area (Å²) in [6.07, 6.45) is 80.2. The number of hydrogen-bond donors (Lipinski definition) is 0. The average molecular weight is 1050 g/mol. The molecule has 73 heavy (non-hydrogen) atoms. The summed E-state index contributed by atoms with van der Waals surface area (Å²) in [6, 6.07) is 17.4. The fourth-order valence-corrected chi connectivity index (χ4v) is 10.3. The van der Waals surface area contributed by atoms with Gasteiger partial charge in [-0.1, -0.05) is 345 Å².